The molecular weight excluding hydrogens is 234 g/mol. The lowest BCUT2D eigenvalue weighted by Crippen LogP contribution is -2.38. The van der Waals surface area contributed by atoms with E-state index in [1.807, 2.05) is 13.8 Å². The molecule has 0 radical (unpaired) electrons. The summed E-state index contributed by atoms with van der Waals surface area (Å²) in [4.78, 5) is 24.8. The zero-order valence-electron chi connectivity index (χ0n) is 10.9. The first-order valence-corrected chi connectivity index (χ1v) is 5.84. The minimum Gasteiger partial charge on any atom is -0.396 e. The Hall–Kier alpha value is -2.05. The molecule has 7 nitrogen and oxygen atoms in total. The van der Waals surface area contributed by atoms with E-state index in [1.165, 1.54) is 4.90 Å². The van der Waals surface area contributed by atoms with Crippen LogP contribution >= 0.6 is 0 Å². The number of aromatic nitrogens is 2. The van der Waals surface area contributed by atoms with Gasteiger partial charge in [-0.15, -0.1) is 0 Å². The number of hydrogen-bond donors (Lipinski definition) is 2. The molecule has 100 valence electrons. The summed E-state index contributed by atoms with van der Waals surface area (Å²) in [6.07, 6.45) is 1.59. The number of rotatable bonds is 5. The van der Waals surface area contributed by atoms with Crippen LogP contribution in [0.25, 0.3) is 0 Å². The molecule has 18 heavy (non-hydrogen) atoms. The van der Waals surface area contributed by atoms with Crippen molar-refractivity contribution in [2.75, 3.05) is 25.9 Å². The van der Waals surface area contributed by atoms with Crippen LogP contribution in [0.5, 0.6) is 0 Å². The van der Waals surface area contributed by atoms with Gasteiger partial charge < -0.3 is 16.0 Å². The van der Waals surface area contributed by atoms with Crippen molar-refractivity contribution in [2.24, 2.45) is 0 Å². The first-order valence-electron chi connectivity index (χ1n) is 5.84. The van der Waals surface area contributed by atoms with E-state index in [9.17, 15) is 9.59 Å². The molecule has 0 saturated heterocycles. The maximum atomic E-state index is 11.8. The Morgan fingerprint density at radius 2 is 2.17 bits per heavy atom. The van der Waals surface area contributed by atoms with Crippen LogP contribution in [0.2, 0.25) is 0 Å². The Labute approximate surface area is 106 Å². The molecule has 1 aromatic heterocycles. The van der Waals surface area contributed by atoms with Crippen LogP contribution < -0.4 is 11.1 Å². The smallest absolute Gasteiger partial charge is 0.274 e. The second kappa shape index (κ2) is 6.04. The second-order valence-corrected chi connectivity index (χ2v) is 3.88. The number of carbonyl (C=O) groups excluding carboxylic acids is 2. The van der Waals surface area contributed by atoms with E-state index in [4.69, 9.17) is 5.73 Å². The van der Waals surface area contributed by atoms with E-state index in [0.29, 0.717) is 18.8 Å². The van der Waals surface area contributed by atoms with Gasteiger partial charge >= 0.3 is 0 Å². The standard InChI is InChI=1S/C11H19N5O2/c1-4-15(3)9(17)6-13-11(18)10-8(12)7-16(5-2)14-10/h7H,4-6,12H2,1-3H3,(H,13,18). The zero-order chi connectivity index (χ0) is 13.7. The first kappa shape index (κ1) is 14.0. The van der Waals surface area contributed by atoms with Gasteiger partial charge in [-0.1, -0.05) is 0 Å². The maximum Gasteiger partial charge on any atom is 0.274 e. The van der Waals surface area contributed by atoms with Crippen molar-refractivity contribution in [2.45, 2.75) is 20.4 Å². The third-order valence-electron chi connectivity index (χ3n) is 2.63. The molecule has 0 saturated carbocycles. The SMILES string of the molecule is CCN(C)C(=O)CNC(=O)c1nn(CC)cc1N. The molecule has 0 bridgehead atoms. The van der Waals surface area contributed by atoms with Crippen LogP contribution in [-0.2, 0) is 11.3 Å². The molecule has 3 N–H and O–H groups in total. The van der Waals surface area contributed by atoms with Crippen molar-refractivity contribution in [3.63, 3.8) is 0 Å². The van der Waals surface area contributed by atoms with E-state index in [0.717, 1.165) is 0 Å². The van der Waals surface area contributed by atoms with Crippen LogP contribution in [0.1, 0.15) is 24.3 Å². The largest absolute Gasteiger partial charge is 0.396 e. The third-order valence-corrected chi connectivity index (χ3v) is 2.63. The molecule has 1 rings (SSSR count). The summed E-state index contributed by atoms with van der Waals surface area (Å²) < 4.78 is 1.57. The number of nitrogens with one attached hydrogen (secondary N) is 1. The summed E-state index contributed by atoms with van der Waals surface area (Å²) in [7, 11) is 1.68. The molecule has 0 fully saturated rings. The lowest BCUT2D eigenvalue weighted by atomic mass is 10.3. The summed E-state index contributed by atoms with van der Waals surface area (Å²) in [5, 5.41) is 6.53. The fourth-order valence-corrected chi connectivity index (χ4v) is 1.33. The molecule has 0 unspecified atom stereocenters. The molecule has 0 atom stereocenters. The summed E-state index contributed by atoms with van der Waals surface area (Å²) in [5.41, 5.74) is 6.14. The van der Waals surface area contributed by atoms with Gasteiger partial charge in [-0.25, -0.2) is 0 Å². The topological polar surface area (TPSA) is 93.2 Å². The van der Waals surface area contributed by atoms with Crippen LogP contribution in [0.4, 0.5) is 5.69 Å². The molecule has 0 aliphatic rings. The summed E-state index contributed by atoms with van der Waals surface area (Å²) in [6.45, 7) is 4.94. The van der Waals surface area contributed by atoms with Crippen LogP contribution in [-0.4, -0.2) is 46.6 Å². The quantitative estimate of drug-likeness (QED) is 0.753. The maximum absolute atomic E-state index is 11.8. The lowest BCUT2D eigenvalue weighted by Gasteiger charge is -2.14. The fraction of sp³-hybridized carbons (Fsp3) is 0.545. The number of nitrogens with two attached hydrogens (primary N) is 1. The van der Waals surface area contributed by atoms with Gasteiger partial charge in [0.05, 0.1) is 12.2 Å². The van der Waals surface area contributed by atoms with Gasteiger partial charge in [0.15, 0.2) is 5.69 Å². The number of nitrogen functional groups attached to an aromatic ring is 1. The summed E-state index contributed by atoms with van der Waals surface area (Å²) in [5.74, 6) is -0.586. The summed E-state index contributed by atoms with van der Waals surface area (Å²) >= 11 is 0. The molecule has 0 aromatic carbocycles. The van der Waals surface area contributed by atoms with Gasteiger partial charge in [-0.05, 0) is 13.8 Å². The number of likely N-dealkylation sites (N-methyl/N-ethyl adjacent to an activating group) is 1. The van der Waals surface area contributed by atoms with Crippen molar-refractivity contribution in [3.8, 4) is 0 Å². The number of anilines is 1. The van der Waals surface area contributed by atoms with Crippen molar-refractivity contribution in [1.29, 1.82) is 0 Å². The van der Waals surface area contributed by atoms with Gasteiger partial charge in [-0.2, -0.15) is 5.10 Å². The van der Waals surface area contributed by atoms with E-state index in [-0.39, 0.29) is 18.1 Å². The number of carbonyl (C=O) groups is 2. The van der Waals surface area contributed by atoms with Crippen molar-refractivity contribution in [3.05, 3.63) is 11.9 Å². The van der Waals surface area contributed by atoms with Crippen molar-refractivity contribution in [1.82, 2.24) is 20.0 Å². The average molecular weight is 253 g/mol. The monoisotopic (exact) mass is 253 g/mol. The number of hydrogen-bond acceptors (Lipinski definition) is 4. The Morgan fingerprint density at radius 3 is 2.67 bits per heavy atom. The number of aryl methyl sites for hydroxylation is 1. The van der Waals surface area contributed by atoms with E-state index in [2.05, 4.69) is 10.4 Å². The van der Waals surface area contributed by atoms with Crippen LogP contribution in [0, 0.1) is 0 Å². The minimum absolute atomic E-state index is 0.0540. The van der Waals surface area contributed by atoms with Crippen LogP contribution in [0.15, 0.2) is 6.20 Å². The van der Waals surface area contributed by atoms with E-state index >= 15 is 0 Å². The Bertz CT molecular complexity index is 441. The molecule has 0 aliphatic carbocycles. The second-order valence-electron chi connectivity index (χ2n) is 3.88. The normalized spacial score (nSPS) is 10.2. The summed E-state index contributed by atoms with van der Waals surface area (Å²) in [6, 6.07) is 0. The minimum atomic E-state index is -0.433. The fourth-order valence-electron chi connectivity index (χ4n) is 1.33. The highest BCUT2D eigenvalue weighted by Gasteiger charge is 2.16. The molecule has 1 aromatic rings. The van der Waals surface area contributed by atoms with Crippen molar-refractivity contribution >= 4 is 17.5 Å². The van der Waals surface area contributed by atoms with Crippen molar-refractivity contribution < 1.29 is 9.59 Å². The average Bonchev–Trinajstić information content (AvgIpc) is 2.75. The Kier molecular flexibility index (Phi) is 4.70. The Balaban J connectivity index is 2.60. The lowest BCUT2D eigenvalue weighted by molar-refractivity contribution is -0.128. The van der Waals surface area contributed by atoms with Gasteiger partial charge in [0.1, 0.15) is 0 Å². The van der Waals surface area contributed by atoms with Gasteiger partial charge in [-0.3, -0.25) is 14.3 Å². The highest BCUT2D eigenvalue weighted by molar-refractivity contribution is 5.98. The van der Waals surface area contributed by atoms with E-state index in [1.54, 1.807) is 17.9 Å². The molecular formula is C11H19N5O2. The molecule has 1 heterocycles. The van der Waals surface area contributed by atoms with E-state index < -0.39 is 5.91 Å². The van der Waals surface area contributed by atoms with Gasteiger partial charge in [0.25, 0.3) is 5.91 Å². The first-order chi connectivity index (χ1) is 8.49. The molecule has 2 amide bonds. The predicted molar refractivity (Wildman–Crippen MR) is 68.0 cm³/mol. The van der Waals surface area contributed by atoms with Gasteiger partial charge in [0, 0.05) is 26.3 Å². The van der Waals surface area contributed by atoms with Gasteiger partial charge in [0.2, 0.25) is 5.91 Å². The molecule has 0 spiro atoms. The molecule has 7 heteroatoms. The number of amides is 2. The highest BCUT2D eigenvalue weighted by atomic mass is 16.2. The predicted octanol–water partition coefficient (Wildman–Crippen LogP) is -0.307. The zero-order valence-corrected chi connectivity index (χ0v) is 10.9. The third kappa shape index (κ3) is 3.22. The highest BCUT2D eigenvalue weighted by Crippen LogP contribution is 2.08. The molecule has 0 aliphatic heterocycles. The Morgan fingerprint density at radius 1 is 1.50 bits per heavy atom. The van der Waals surface area contributed by atoms with Crippen LogP contribution in [0.3, 0.4) is 0 Å². The number of nitrogens with zero attached hydrogens (tertiary/aromatic N) is 3.